The molecule has 0 aromatic rings. The van der Waals surface area contributed by atoms with Crippen LogP contribution in [0.3, 0.4) is 0 Å². The number of likely N-dealkylation sites (tertiary alicyclic amines) is 1. The third kappa shape index (κ3) is 4.87. The van der Waals surface area contributed by atoms with Crippen molar-refractivity contribution >= 4 is 17.5 Å². The second-order valence-electron chi connectivity index (χ2n) is 7.02. The molecule has 0 bridgehead atoms. The Balaban J connectivity index is 1.82. The van der Waals surface area contributed by atoms with Crippen LogP contribution in [0.15, 0.2) is 0 Å². The Morgan fingerprint density at radius 3 is 2.52 bits per heavy atom. The molecule has 3 heteroatoms. The highest BCUT2D eigenvalue weighted by Crippen LogP contribution is 2.34. The van der Waals surface area contributed by atoms with Gasteiger partial charge in [-0.2, -0.15) is 0 Å². The zero-order valence-electron chi connectivity index (χ0n) is 13.7. The van der Waals surface area contributed by atoms with E-state index in [0.29, 0.717) is 23.7 Å². The topological polar surface area (TPSA) is 20.3 Å². The normalized spacial score (nSPS) is 30.4. The molecule has 1 heterocycles. The average molecular weight is 314 g/mol. The van der Waals surface area contributed by atoms with Crippen LogP contribution in [0.25, 0.3) is 0 Å². The van der Waals surface area contributed by atoms with Crippen molar-refractivity contribution in [3.05, 3.63) is 0 Å². The summed E-state index contributed by atoms with van der Waals surface area (Å²) in [6.07, 6.45) is 13.4. The van der Waals surface area contributed by atoms with Crippen molar-refractivity contribution in [2.45, 2.75) is 83.6 Å². The molecule has 0 aromatic carbocycles. The van der Waals surface area contributed by atoms with Crippen LogP contribution in [0.1, 0.15) is 77.6 Å². The van der Waals surface area contributed by atoms with Gasteiger partial charge < -0.3 is 4.90 Å². The molecule has 1 unspecified atom stereocenters. The number of unbranched alkanes of at least 4 members (excludes halogenated alkanes) is 1. The molecular formula is C18H32ClNO. The number of nitrogens with zero attached hydrogens (tertiary/aromatic N) is 1. The molecule has 2 aliphatic rings. The second-order valence-corrected chi connectivity index (χ2v) is 7.40. The smallest absolute Gasteiger partial charge is 0.225 e. The molecule has 0 aromatic heterocycles. The Morgan fingerprint density at radius 1 is 1.10 bits per heavy atom. The van der Waals surface area contributed by atoms with Crippen LogP contribution in [0.4, 0.5) is 0 Å². The number of amides is 1. The number of piperidine rings is 1. The highest BCUT2D eigenvalue weighted by atomic mass is 35.5. The van der Waals surface area contributed by atoms with E-state index in [2.05, 4.69) is 11.8 Å². The zero-order chi connectivity index (χ0) is 15.1. The summed E-state index contributed by atoms with van der Waals surface area (Å²) in [6.45, 7) is 3.23. The molecule has 0 spiro atoms. The molecule has 2 nitrogen and oxygen atoms in total. The zero-order valence-corrected chi connectivity index (χ0v) is 14.4. The first-order valence-corrected chi connectivity index (χ1v) is 9.66. The Kier molecular flexibility index (Phi) is 7.36. The first-order chi connectivity index (χ1) is 10.3. The van der Waals surface area contributed by atoms with Crippen LogP contribution in [0, 0.1) is 11.8 Å². The number of hydrogen-bond acceptors (Lipinski definition) is 1. The minimum Gasteiger partial charge on any atom is -0.339 e. The molecule has 0 radical (unpaired) electrons. The SMILES string of the molecule is CCCCC1CCC(C(=O)N2CCCCC2CCCl)CC1. The summed E-state index contributed by atoms with van der Waals surface area (Å²) in [6, 6.07) is 0.418. The van der Waals surface area contributed by atoms with Crippen molar-refractivity contribution in [2.24, 2.45) is 11.8 Å². The summed E-state index contributed by atoms with van der Waals surface area (Å²) in [5.74, 6) is 2.31. The van der Waals surface area contributed by atoms with Crippen molar-refractivity contribution in [3.8, 4) is 0 Å². The number of rotatable bonds is 6. The van der Waals surface area contributed by atoms with Crippen LogP contribution in [0.2, 0.25) is 0 Å². The van der Waals surface area contributed by atoms with Gasteiger partial charge in [-0.25, -0.2) is 0 Å². The summed E-state index contributed by atoms with van der Waals surface area (Å²) in [5.41, 5.74) is 0. The maximum Gasteiger partial charge on any atom is 0.225 e. The van der Waals surface area contributed by atoms with Gasteiger partial charge in [0.15, 0.2) is 0 Å². The van der Waals surface area contributed by atoms with E-state index < -0.39 is 0 Å². The molecule has 1 aliphatic heterocycles. The van der Waals surface area contributed by atoms with Crippen molar-refractivity contribution in [3.63, 3.8) is 0 Å². The van der Waals surface area contributed by atoms with E-state index in [-0.39, 0.29) is 0 Å². The van der Waals surface area contributed by atoms with Gasteiger partial charge in [-0.1, -0.05) is 26.2 Å². The monoisotopic (exact) mass is 313 g/mol. The number of halogens is 1. The van der Waals surface area contributed by atoms with E-state index in [9.17, 15) is 4.79 Å². The van der Waals surface area contributed by atoms with Gasteiger partial charge in [-0.3, -0.25) is 4.79 Å². The standard InChI is InChI=1S/C18H32ClNO/c1-2-3-6-15-8-10-16(11-9-15)18(21)20-14-5-4-7-17(20)12-13-19/h15-17H,2-14H2,1H3. The molecule has 1 saturated heterocycles. The van der Waals surface area contributed by atoms with Crippen LogP contribution in [0.5, 0.6) is 0 Å². The summed E-state index contributed by atoms with van der Waals surface area (Å²) in [4.78, 5) is 15.0. The number of alkyl halides is 1. The van der Waals surface area contributed by atoms with Crippen LogP contribution in [-0.4, -0.2) is 29.3 Å². The lowest BCUT2D eigenvalue weighted by Crippen LogP contribution is -2.47. The third-order valence-electron chi connectivity index (χ3n) is 5.51. The van der Waals surface area contributed by atoms with E-state index in [1.807, 2.05) is 0 Å². The maximum atomic E-state index is 12.8. The van der Waals surface area contributed by atoms with E-state index in [1.165, 1.54) is 44.9 Å². The van der Waals surface area contributed by atoms with Gasteiger partial charge in [-0.05, 0) is 57.3 Å². The minimum absolute atomic E-state index is 0.304. The lowest BCUT2D eigenvalue weighted by Gasteiger charge is -2.39. The molecule has 0 N–H and O–H groups in total. The van der Waals surface area contributed by atoms with E-state index in [0.717, 1.165) is 38.1 Å². The maximum absolute atomic E-state index is 12.8. The molecular weight excluding hydrogens is 282 g/mol. The summed E-state index contributed by atoms with van der Waals surface area (Å²) >= 11 is 5.92. The Bertz CT molecular complexity index is 310. The van der Waals surface area contributed by atoms with E-state index >= 15 is 0 Å². The fourth-order valence-corrected chi connectivity index (χ4v) is 4.39. The third-order valence-corrected chi connectivity index (χ3v) is 5.73. The minimum atomic E-state index is 0.304. The van der Waals surface area contributed by atoms with Crippen molar-refractivity contribution in [1.29, 1.82) is 0 Å². The van der Waals surface area contributed by atoms with Gasteiger partial charge in [0.05, 0.1) is 0 Å². The largest absolute Gasteiger partial charge is 0.339 e. The predicted octanol–water partition coefficient (Wildman–Crippen LogP) is 4.99. The van der Waals surface area contributed by atoms with Gasteiger partial charge in [0.2, 0.25) is 5.91 Å². The molecule has 1 amide bonds. The van der Waals surface area contributed by atoms with Gasteiger partial charge in [0, 0.05) is 24.4 Å². The van der Waals surface area contributed by atoms with Crippen molar-refractivity contribution in [1.82, 2.24) is 4.90 Å². The fraction of sp³-hybridized carbons (Fsp3) is 0.944. The number of carbonyl (C=O) groups excluding carboxylic acids is 1. The predicted molar refractivity (Wildman–Crippen MR) is 89.7 cm³/mol. The molecule has 1 aliphatic carbocycles. The Morgan fingerprint density at radius 2 is 1.86 bits per heavy atom. The Labute approximate surface area is 135 Å². The van der Waals surface area contributed by atoms with E-state index in [4.69, 9.17) is 11.6 Å². The Hall–Kier alpha value is -0.240. The average Bonchev–Trinajstić information content (AvgIpc) is 2.53. The van der Waals surface area contributed by atoms with Crippen LogP contribution < -0.4 is 0 Å². The quantitative estimate of drug-likeness (QED) is 0.632. The summed E-state index contributed by atoms with van der Waals surface area (Å²) in [5, 5.41) is 0. The molecule has 1 saturated carbocycles. The van der Waals surface area contributed by atoms with Gasteiger partial charge in [0.25, 0.3) is 0 Å². The first-order valence-electron chi connectivity index (χ1n) is 9.12. The van der Waals surface area contributed by atoms with Gasteiger partial charge in [0.1, 0.15) is 0 Å². The van der Waals surface area contributed by atoms with E-state index in [1.54, 1.807) is 0 Å². The van der Waals surface area contributed by atoms with Crippen LogP contribution >= 0.6 is 11.6 Å². The fourth-order valence-electron chi connectivity index (χ4n) is 4.14. The van der Waals surface area contributed by atoms with Gasteiger partial charge >= 0.3 is 0 Å². The summed E-state index contributed by atoms with van der Waals surface area (Å²) < 4.78 is 0. The molecule has 21 heavy (non-hydrogen) atoms. The number of carbonyl (C=O) groups is 1. The van der Waals surface area contributed by atoms with Crippen LogP contribution in [-0.2, 0) is 4.79 Å². The molecule has 1 atom stereocenters. The molecule has 2 rings (SSSR count). The first kappa shape index (κ1) is 17.1. The van der Waals surface area contributed by atoms with Gasteiger partial charge in [-0.15, -0.1) is 11.6 Å². The highest BCUT2D eigenvalue weighted by molar-refractivity contribution is 6.17. The number of hydrogen-bond donors (Lipinski definition) is 0. The van der Waals surface area contributed by atoms with Crippen molar-refractivity contribution < 1.29 is 4.79 Å². The lowest BCUT2D eigenvalue weighted by atomic mass is 9.79. The lowest BCUT2D eigenvalue weighted by molar-refractivity contribution is -0.140. The second kappa shape index (κ2) is 9.02. The summed E-state index contributed by atoms with van der Waals surface area (Å²) in [7, 11) is 0. The highest BCUT2D eigenvalue weighted by Gasteiger charge is 2.33. The molecule has 2 fully saturated rings. The van der Waals surface area contributed by atoms with Crippen molar-refractivity contribution in [2.75, 3.05) is 12.4 Å². The molecule has 122 valence electrons.